The van der Waals surface area contributed by atoms with Crippen LogP contribution in [0.5, 0.6) is 5.75 Å². The van der Waals surface area contributed by atoms with Gasteiger partial charge in [-0.25, -0.2) is 9.18 Å². The van der Waals surface area contributed by atoms with Gasteiger partial charge in [-0.15, -0.1) is 0 Å². The molecule has 0 atom stereocenters. The van der Waals surface area contributed by atoms with Crippen molar-refractivity contribution in [1.82, 2.24) is 5.32 Å². The van der Waals surface area contributed by atoms with Crippen molar-refractivity contribution in [1.29, 1.82) is 0 Å². The smallest absolute Gasteiger partial charge is 0.331 e. The molecule has 6 heteroatoms. The Balaban J connectivity index is 1.39. The highest BCUT2D eigenvalue weighted by molar-refractivity contribution is 5.89. The largest absolute Gasteiger partial charge is 0.489 e. The maximum Gasteiger partial charge on any atom is 0.331 e. The van der Waals surface area contributed by atoms with Crippen molar-refractivity contribution in [2.24, 2.45) is 0 Å². The first kappa shape index (κ1) is 21.8. The first-order valence-electron chi connectivity index (χ1n) is 9.72. The van der Waals surface area contributed by atoms with E-state index in [-0.39, 0.29) is 6.54 Å². The highest BCUT2D eigenvalue weighted by Gasteiger charge is 2.07. The number of carbonyl (C=O) groups excluding carboxylic acids is 2. The molecule has 0 unspecified atom stereocenters. The van der Waals surface area contributed by atoms with Crippen LogP contribution in [0.15, 0.2) is 84.9 Å². The Kier molecular flexibility index (Phi) is 7.94. The van der Waals surface area contributed by atoms with Gasteiger partial charge in [-0.2, -0.15) is 0 Å². The van der Waals surface area contributed by atoms with Crippen LogP contribution in [0.4, 0.5) is 4.39 Å². The maximum atomic E-state index is 13.5. The third kappa shape index (κ3) is 7.44. The summed E-state index contributed by atoms with van der Waals surface area (Å²) in [5.41, 5.74) is 2.22. The molecule has 0 bridgehead atoms. The molecule has 0 spiro atoms. The molecule has 0 aliphatic rings. The van der Waals surface area contributed by atoms with Crippen LogP contribution >= 0.6 is 0 Å². The van der Waals surface area contributed by atoms with Gasteiger partial charge in [-0.05, 0) is 35.4 Å². The van der Waals surface area contributed by atoms with Gasteiger partial charge in [0, 0.05) is 18.2 Å². The lowest BCUT2D eigenvalue weighted by atomic mass is 10.2. The van der Waals surface area contributed by atoms with Crippen LogP contribution in [0.3, 0.4) is 0 Å². The minimum atomic E-state index is -0.648. The monoisotopic (exact) mass is 419 g/mol. The fourth-order valence-electron chi connectivity index (χ4n) is 2.65. The van der Waals surface area contributed by atoms with Crippen molar-refractivity contribution in [3.63, 3.8) is 0 Å². The predicted octanol–water partition coefficient (Wildman–Crippen LogP) is 4.28. The fourth-order valence-corrected chi connectivity index (χ4v) is 2.65. The van der Waals surface area contributed by atoms with Gasteiger partial charge in [0.15, 0.2) is 6.61 Å². The molecule has 0 fully saturated rings. The van der Waals surface area contributed by atoms with E-state index in [1.165, 1.54) is 12.1 Å². The molecule has 3 aromatic carbocycles. The molecule has 0 radical (unpaired) electrons. The van der Waals surface area contributed by atoms with Crippen molar-refractivity contribution in [2.75, 3.05) is 6.61 Å². The summed E-state index contributed by atoms with van der Waals surface area (Å²) in [6, 6.07) is 23.2. The standard InChI is InChI=1S/C25H22FNO4/c26-23-9-5-4-8-21(23)16-27-24(28)18-31-25(29)15-12-19-10-13-22(14-11-19)30-17-20-6-2-1-3-7-20/h1-15H,16-18H2,(H,27,28)/b15-12+. The molecule has 3 aromatic rings. The highest BCUT2D eigenvalue weighted by Crippen LogP contribution is 2.15. The summed E-state index contributed by atoms with van der Waals surface area (Å²) in [5.74, 6) is -0.843. The predicted molar refractivity (Wildman–Crippen MR) is 115 cm³/mol. The van der Waals surface area contributed by atoms with Crippen molar-refractivity contribution in [2.45, 2.75) is 13.2 Å². The lowest BCUT2D eigenvalue weighted by molar-refractivity contribution is -0.143. The molecule has 1 N–H and O–H groups in total. The molecule has 0 aliphatic heterocycles. The number of hydrogen-bond acceptors (Lipinski definition) is 4. The summed E-state index contributed by atoms with van der Waals surface area (Å²) < 4.78 is 24.1. The van der Waals surface area contributed by atoms with Crippen molar-refractivity contribution < 1.29 is 23.5 Å². The van der Waals surface area contributed by atoms with Gasteiger partial charge in [0.2, 0.25) is 0 Å². The summed E-state index contributed by atoms with van der Waals surface area (Å²) >= 11 is 0. The molecule has 158 valence electrons. The maximum absolute atomic E-state index is 13.5. The third-order valence-corrected chi connectivity index (χ3v) is 4.32. The van der Waals surface area contributed by atoms with Crippen LogP contribution in [0.1, 0.15) is 16.7 Å². The Hall–Kier alpha value is -3.93. The van der Waals surface area contributed by atoms with Crippen LogP contribution in [0.25, 0.3) is 6.08 Å². The van der Waals surface area contributed by atoms with Crippen molar-refractivity contribution >= 4 is 18.0 Å². The zero-order valence-corrected chi connectivity index (χ0v) is 16.8. The minimum Gasteiger partial charge on any atom is -0.489 e. The zero-order valence-electron chi connectivity index (χ0n) is 16.8. The summed E-state index contributed by atoms with van der Waals surface area (Å²) in [6.07, 6.45) is 2.82. The van der Waals surface area contributed by atoms with Crippen LogP contribution in [-0.2, 0) is 27.5 Å². The first-order chi connectivity index (χ1) is 15.1. The number of carbonyl (C=O) groups is 2. The zero-order chi connectivity index (χ0) is 21.9. The fraction of sp³-hybridized carbons (Fsp3) is 0.120. The number of rotatable bonds is 9. The Labute approximate surface area is 180 Å². The average molecular weight is 419 g/mol. The lowest BCUT2D eigenvalue weighted by Crippen LogP contribution is -2.28. The second kappa shape index (κ2) is 11.3. The number of ether oxygens (including phenoxy) is 2. The highest BCUT2D eigenvalue weighted by atomic mass is 19.1. The molecule has 31 heavy (non-hydrogen) atoms. The van der Waals surface area contributed by atoms with E-state index >= 15 is 0 Å². The molecule has 0 aromatic heterocycles. The number of nitrogens with one attached hydrogen (secondary N) is 1. The van der Waals surface area contributed by atoms with Gasteiger partial charge in [-0.3, -0.25) is 4.79 Å². The molecular weight excluding hydrogens is 397 g/mol. The molecule has 5 nitrogen and oxygen atoms in total. The molecule has 0 aliphatic carbocycles. The number of esters is 1. The third-order valence-electron chi connectivity index (χ3n) is 4.32. The quantitative estimate of drug-likeness (QED) is 0.415. The van der Waals surface area contributed by atoms with E-state index in [1.54, 1.807) is 24.3 Å². The van der Waals surface area contributed by atoms with Crippen LogP contribution in [0, 0.1) is 5.82 Å². The van der Waals surface area contributed by atoms with Gasteiger partial charge >= 0.3 is 5.97 Å². The van der Waals surface area contributed by atoms with Gasteiger partial charge in [0.05, 0.1) is 0 Å². The normalized spacial score (nSPS) is 10.6. The van der Waals surface area contributed by atoms with E-state index in [9.17, 15) is 14.0 Å². The number of benzene rings is 3. The number of halogens is 1. The Morgan fingerprint density at radius 3 is 2.35 bits per heavy atom. The summed E-state index contributed by atoms with van der Waals surface area (Å²) in [6.45, 7) is 0.0583. The molecular formula is C25H22FNO4. The van der Waals surface area contributed by atoms with Crippen molar-refractivity contribution in [3.8, 4) is 5.75 Å². The Bertz CT molecular complexity index is 1030. The average Bonchev–Trinajstić information content (AvgIpc) is 2.81. The number of hydrogen-bond donors (Lipinski definition) is 1. The Morgan fingerprint density at radius 2 is 1.61 bits per heavy atom. The molecule has 1 amide bonds. The van der Waals surface area contributed by atoms with E-state index in [4.69, 9.17) is 9.47 Å². The van der Waals surface area contributed by atoms with Crippen LogP contribution in [-0.4, -0.2) is 18.5 Å². The van der Waals surface area contributed by atoms with E-state index in [2.05, 4.69) is 5.32 Å². The van der Waals surface area contributed by atoms with Crippen molar-refractivity contribution in [3.05, 3.63) is 107 Å². The molecule has 0 saturated heterocycles. The molecule has 3 rings (SSSR count). The second-order valence-corrected chi connectivity index (χ2v) is 6.65. The van der Waals surface area contributed by atoms with E-state index < -0.39 is 24.3 Å². The Morgan fingerprint density at radius 1 is 0.903 bits per heavy atom. The second-order valence-electron chi connectivity index (χ2n) is 6.65. The van der Waals surface area contributed by atoms with E-state index in [0.717, 1.165) is 16.9 Å². The SMILES string of the molecule is O=C(COC(=O)/C=C/c1ccc(OCc2ccccc2)cc1)NCc1ccccc1F. The molecule has 0 heterocycles. The number of amides is 1. The molecule has 0 saturated carbocycles. The lowest BCUT2D eigenvalue weighted by Gasteiger charge is -2.07. The van der Waals surface area contributed by atoms with Gasteiger partial charge in [0.25, 0.3) is 5.91 Å². The van der Waals surface area contributed by atoms with Gasteiger partial charge in [0.1, 0.15) is 18.2 Å². The van der Waals surface area contributed by atoms with Gasteiger partial charge < -0.3 is 14.8 Å². The van der Waals surface area contributed by atoms with Crippen LogP contribution < -0.4 is 10.1 Å². The van der Waals surface area contributed by atoms with E-state index in [0.29, 0.717) is 12.2 Å². The summed E-state index contributed by atoms with van der Waals surface area (Å²) in [4.78, 5) is 23.6. The minimum absolute atomic E-state index is 0.0254. The summed E-state index contributed by atoms with van der Waals surface area (Å²) in [5, 5.41) is 2.50. The first-order valence-corrected chi connectivity index (χ1v) is 9.72. The topological polar surface area (TPSA) is 64.6 Å². The summed E-state index contributed by atoms with van der Waals surface area (Å²) in [7, 11) is 0. The van der Waals surface area contributed by atoms with E-state index in [1.807, 2.05) is 54.6 Å². The van der Waals surface area contributed by atoms with Gasteiger partial charge in [-0.1, -0.05) is 60.7 Å². The van der Waals surface area contributed by atoms with Crippen LogP contribution in [0.2, 0.25) is 0 Å².